The predicted molar refractivity (Wildman–Crippen MR) is 102 cm³/mol. The van der Waals surface area contributed by atoms with Gasteiger partial charge in [-0.25, -0.2) is 4.79 Å². The lowest BCUT2D eigenvalue weighted by Crippen LogP contribution is -2.37. The van der Waals surface area contributed by atoms with Crippen LogP contribution in [0.1, 0.15) is 34.5 Å². The number of nitrogens with zero attached hydrogens (tertiary/aromatic N) is 3. The highest BCUT2D eigenvalue weighted by Gasteiger charge is 2.20. The highest BCUT2D eigenvalue weighted by Crippen LogP contribution is 2.19. The number of anilines is 1. The molecule has 140 valence electrons. The maximum Gasteiger partial charge on any atom is 0.407 e. The third-order valence-electron chi connectivity index (χ3n) is 4.71. The fourth-order valence-electron chi connectivity index (χ4n) is 3.07. The van der Waals surface area contributed by atoms with Gasteiger partial charge in [0.1, 0.15) is 5.69 Å². The molecule has 2 heterocycles. The minimum Gasteiger partial charge on any atom is -0.465 e. The van der Waals surface area contributed by atoms with Crippen molar-refractivity contribution in [3.63, 3.8) is 0 Å². The number of carbonyl (C=O) groups excluding carboxylic acids is 1. The van der Waals surface area contributed by atoms with Gasteiger partial charge in [-0.3, -0.25) is 9.48 Å². The number of likely N-dealkylation sites (tertiary alicyclic amines) is 1. The van der Waals surface area contributed by atoms with Crippen LogP contribution in [0.15, 0.2) is 30.5 Å². The van der Waals surface area contributed by atoms with Gasteiger partial charge in [-0.15, -0.1) is 0 Å². The van der Waals surface area contributed by atoms with E-state index in [1.165, 1.54) is 9.58 Å². The molecule has 7 nitrogen and oxygen atoms in total. The van der Waals surface area contributed by atoms with E-state index in [9.17, 15) is 9.59 Å². The SMILES string of the molecule is Cc1cc(C#CC2CCN(C(=O)O)CC2)ccc1NC(=O)c1ccnn1C. The van der Waals surface area contributed by atoms with Crippen LogP contribution < -0.4 is 5.32 Å². The smallest absolute Gasteiger partial charge is 0.407 e. The van der Waals surface area contributed by atoms with E-state index in [0.717, 1.165) is 29.7 Å². The topological polar surface area (TPSA) is 87.5 Å². The van der Waals surface area contributed by atoms with Crippen LogP contribution in [0, 0.1) is 24.7 Å². The van der Waals surface area contributed by atoms with E-state index in [1.54, 1.807) is 19.3 Å². The standard InChI is InChI=1S/C20H22N4O3/c1-14-13-16(4-3-15-8-11-24(12-9-15)20(26)27)5-6-17(14)22-19(25)18-7-10-21-23(18)2/h5-7,10,13,15H,8-9,11-12H2,1-2H3,(H,22,25)(H,26,27). The van der Waals surface area contributed by atoms with E-state index in [2.05, 4.69) is 22.3 Å². The number of nitrogens with one attached hydrogen (secondary N) is 1. The maximum atomic E-state index is 12.3. The summed E-state index contributed by atoms with van der Waals surface area (Å²) in [6.07, 6.45) is 2.25. The first-order chi connectivity index (χ1) is 12.9. The molecule has 7 heteroatoms. The zero-order chi connectivity index (χ0) is 19.4. The first kappa shape index (κ1) is 18.5. The second-order valence-corrected chi connectivity index (χ2v) is 6.64. The summed E-state index contributed by atoms with van der Waals surface area (Å²) in [4.78, 5) is 24.7. The maximum absolute atomic E-state index is 12.3. The molecule has 0 spiro atoms. The molecule has 2 N–H and O–H groups in total. The Labute approximate surface area is 158 Å². The van der Waals surface area contributed by atoms with Crippen molar-refractivity contribution in [2.24, 2.45) is 13.0 Å². The average molecular weight is 366 g/mol. The predicted octanol–water partition coefficient (Wildman–Crippen LogP) is 2.72. The van der Waals surface area contributed by atoms with E-state index in [1.807, 2.05) is 25.1 Å². The Bertz CT molecular complexity index is 915. The van der Waals surface area contributed by atoms with Crippen molar-refractivity contribution in [3.05, 3.63) is 47.3 Å². The second kappa shape index (κ2) is 7.96. The van der Waals surface area contributed by atoms with Gasteiger partial charge in [0.15, 0.2) is 0 Å². The number of amides is 2. The Morgan fingerprint density at radius 2 is 2.00 bits per heavy atom. The Morgan fingerprint density at radius 1 is 1.26 bits per heavy atom. The summed E-state index contributed by atoms with van der Waals surface area (Å²) in [7, 11) is 1.72. The number of piperidine rings is 1. The molecule has 0 unspecified atom stereocenters. The highest BCUT2D eigenvalue weighted by atomic mass is 16.4. The molecule has 0 bridgehead atoms. The van der Waals surface area contributed by atoms with Gasteiger partial charge in [0.2, 0.25) is 0 Å². The minimum absolute atomic E-state index is 0.206. The van der Waals surface area contributed by atoms with Gasteiger partial charge in [-0.1, -0.05) is 11.8 Å². The first-order valence-corrected chi connectivity index (χ1v) is 8.83. The first-order valence-electron chi connectivity index (χ1n) is 8.83. The Balaban J connectivity index is 1.63. The lowest BCUT2D eigenvalue weighted by atomic mass is 9.97. The van der Waals surface area contributed by atoms with Crippen molar-refractivity contribution in [1.29, 1.82) is 0 Å². The molecule has 1 aliphatic rings. The van der Waals surface area contributed by atoms with Crippen molar-refractivity contribution in [2.75, 3.05) is 18.4 Å². The molecular weight excluding hydrogens is 344 g/mol. The fourth-order valence-corrected chi connectivity index (χ4v) is 3.07. The van der Waals surface area contributed by atoms with Crippen LogP contribution in [0.5, 0.6) is 0 Å². The molecule has 27 heavy (non-hydrogen) atoms. The molecule has 0 atom stereocenters. The van der Waals surface area contributed by atoms with Gasteiger partial charge in [0.25, 0.3) is 5.91 Å². The quantitative estimate of drug-likeness (QED) is 0.800. The number of aryl methyl sites for hydroxylation is 2. The molecule has 0 radical (unpaired) electrons. The molecular formula is C20H22N4O3. The third-order valence-corrected chi connectivity index (χ3v) is 4.71. The van der Waals surface area contributed by atoms with Crippen molar-refractivity contribution in [3.8, 4) is 11.8 Å². The normalized spacial score (nSPS) is 14.4. The zero-order valence-corrected chi connectivity index (χ0v) is 15.4. The molecule has 1 aromatic carbocycles. The van der Waals surface area contributed by atoms with Crippen molar-refractivity contribution in [2.45, 2.75) is 19.8 Å². The van der Waals surface area contributed by atoms with E-state index < -0.39 is 6.09 Å². The third kappa shape index (κ3) is 4.47. The largest absolute Gasteiger partial charge is 0.465 e. The molecule has 2 amide bonds. The monoisotopic (exact) mass is 366 g/mol. The van der Waals surface area contributed by atoms with Crippen LogP contribution in [-0.4, -0.2) is 44.9 Å². The number of carbonyl (C=O) groups is 2. The van der Waals surface area contributed by atoms with Crippen molar-refractivity contribution >= 4 is 17.7 Å². The van der Waals surface area contributed by atoms with E-state index in [0.29, 0.717) is 18.8 Å². The Kier molecular flexibility index (Phi) is 5.46. The number of rotatable bonds is 2. The average Bonchev–Trinajstić information content (AvgIpc) is 3.08. The summed E-state index contributed by atoms with van der Waals surface area (Å²) in [5, 5.41) is 15.9. The number of carboxylic acid groups (broad SMARTS) is 1. The molecule has 1 aromatic heterocycles. The zero-order valence-electron chi connectivity index (χ0n) is 15.4. The molecule has 1 fully saturated rings. The van der Waals surface area contributed by atoms with Crippen LogP contribution in [0.3, 0.4) is 0 Å². The Hall–Kier alpha value is -3.27. The number of aromatic nitrogens is 2. The lowest BCUT2D eigenvalue weighted by Gasteiger charge is -2.27. The molecule has 0 aliphatic carbocycles. The molecule has 2 aromatic rings. The molecule has 3 rings (SSSR count). The van der Waals surface area contributed by atoms with Crippen molar-refractivity contribution < 1.29 is 14.7 Å². The molecule has 1 aliphatic heterocycles. The summed E-state index contributed by atoms with van der Waals surface area (Å²) in [5.41, 5.74) is 3.04. The van der Waals surface area contributed by atoms with Gasteiger partial charge < -0.3 is 15.3 Å². The van der Waals surface area contributed by atoms with Gasteiger partial charge in [0, 0.05) is 43.5 Å². The summed E-state index contributed by atoms with van der Waals surface area (Å²) >= 11 is 0. The fraction of sp³-hybridized carbons (Fsp3) is 0.350. The number of hydrogen-bond acceptors (Lipinski definition) is 3. The summed E-state index contributed by atoms with van der Waals surface area (Å²) < 4.78 is 1.53. The van der Waals surface area contributed by atoms with Crippen LogP contribution in [0.4, 0.5) is 10.5 Å². The van der Waals surface area contributed by atoms with Crippen LogP contribution in [-0.2, 0) is 7.05 Å². The summed E-state index contributed by atoms with van der Waals surface area (Å²) in [6.45, 7) is 2.99. The highest BCUT2D eigenvalue weighted by molar-refractivity contribution is 6.03. The van der Waals surface area contributed by atoms with Crippen molar-refractivity contribution in [1.82, 2.24) is 14.7 Å². The van der Waals surface area contributed by atoms with Gasteiger partial charge in [-0.2, -0.15) is 5.10 Å². The van der Waals surface area contributed by atoms with Crippen LogP contribution in [0.2, 0.25) is 0 Å². The van der Waals surface area contributed by atoms with Crippen LogP contribution in [0.25, 0.3) is 0 Å². The minimum atomic E-state index is -0.860. The lowest BCUT2D eigenvalue weighted by molar-refractivity contribution is 0.101. The Morgan fingerprint density at radius 3 is 2.59 bits per heavy atom. The van der Waals surface area contributed by atoms with Gasteiger partial charge in [0.05, 0.1) is 0 Å². The summed E-state index contributed by atoms with van der Waals surface area (Å²) in [5.74, 6) is 6.43. The van der Waals surface area contributed by atoms with E-state index in [4.69, 9.17) is 5.11 Å². The second-order valence-electron chi connectivity index (χ2n) is 6.64. The molecule has 0 saturated carbocycles. The van der Waals surface area contributed by atoms with E-state index in [-0.39, 0.29) is 11.8 Å². The summed E-state index contributed by atoms with van der Waals surface area (Å²) in [6, 6.07) is 7.34. The molecule has 1 saturated heterocycles. The number of hydrogen-bond donors (Lipinski definition) is 2. The number of benzene rings is 1. The van der Waals surface area contributed by atoms with Gasteiger partial charge in [-0.05, 0) is 49.6 Å². The van der Waals surface area contributed by atoms with E-state index >= 15 is 0 Å². The van der Waals surface area contributed by atoms with Gasteiger partial charge >= 0.3 is 6.09 Å². The van der Waals surface area contributed by atoms with Crippen LogP contribution >= 0.6 is 0 Å².